The highest BCUT2D eigenvalue weighted by molar-refractivity contribution is 8.13. The van der Waals surface area contributed by atoms with E-state index in [0.29, 0.717) is 24.1 Å². The summed E-state index contributed by atoms with van der Waals surface area (Å²) in [6, 6.07) is 16.1. The van der Waals surface area contributed by atoms with E-state index in [0.717, 1.165) is 10.8 Å². The van der Waals surface area contributed by atoms with Crippen molar-refractivity contribution in [2.75, 3.05) is 32.6 Å². The predicted molar refractivity (Wildman–Crippen MR) is 195 cm³/mol. The van der Waals surface area contributed by atoms with Gasteiger partial charge < -0.3 is 34.5 Å². The van der Waals surface area contributed by atoms with Crippen LogP contribution in [0.3, 0.4) is 0 Å². The molecule has 15 nitrogen and oxygen atoms in total. The van der Waals surface area contributed by atoms with Crippen molar-refractivity contribution in [2.24, 2.45) is 21.5 Å². The molecule has 0 saturated heterocycles. The number of rotatable bonds is 15. The lowest BCUT2D eigenvalue weighted by molar-refractivity contribution is -0.169. The third kappa shape index (κ3) is 16.2. The molecule has 1 heterocycles. The summed E-state index contributed by atoms with van der Waals surface area (Å²) >= 11 is 2.47. The summed E-state index contributed by atoms with van der Waals surface area (Å²) in [5.41, 5.74) is -2.38. The molecule has 0 radical (unpaired) electrons. The zero-order valence-corrected chi connectivity index (χ0v) is 31.6. The van der Waals surface area contributed by atoms with Crippen LogP contribution in [0.25, 0.3) is 10.8 Å². The van der Waals surface area contributed by atoms with Gasteiger partial charge in [-0.05, 0) is 64.4 Å². The molecule has 2 amide bonds. The smallest absolute Gasteiger partial charge is 0.412 e. The highest BCUT2D eigenvalue weighted by Gasteiger charge is 2.36. The van der Waals surface area contributed by atoms with Crippen molar-refractivity contribution < 1.29 is 43.4 Å². The molecule has 17 heteroatoms. The van der Waals surface area contributed by atoms with Crippen molar-refractivity contribution in [3.63, 3.8) is 0 Å². The maximum absolute atomic E-state index is 12.7. The SMILES string of the molecule is CCN(C)C(=O)OC(C)OC(=O)C(CSC(=O)C(C)(C)CON=O)NC(=O)C(C)(C)CON=O.Cc1cccs1.Oc1cccc2ccccc12. The minimum Gasteiger partial charge on any atom is -0.507 e. The number of ether oxygens (including phenoxy) is 2. The lowest BCUT2D eigenvalue weighted by Crippen LogP contribution is -2.50. The number of phenolic OH excluding ortho intramolecular Hbond substituents is 1. The molecule has 0 spiro atoms. The number of hydrogen-bond acceptors (Lipinski definition) is 15. The van der Waals surface area contributed by atoms with Gasteiger partial charge in [0.05, 0.1) is 10.8 Å². The quantitative estimate of drug-likeness (QED) is 0.0717. The molecule has 2 unspecified atom stereocenters. The molecule has 280 valence electrons. The van der Waals surface area contributed by atoms with Crippen LogP contribution in [-0.2, 0) is 33.5 Å². The Morgan fingerprint density at radius 1 is 0.922 bits per heavy atom. The van der Waals surface area contributed by atoms with Gasteiger partial charge in [0.2, 0.25) is 12.2 Å². The number of esters is 1. The Bertz CT molecular complexity index is 1560. The molecule has 0 aliphatic heterocycles. The summed E-state index contributed by atoms with van der Waals surface area (Å²) in [4.78, 5) is 81.7. The van der Waals surface area contributed by atoms with Crippen molar-refractivity contribution in [1.82, 2.24) is 10.2 Å². The number of hydrogen-bond donors (Lipinski definition) is 2. The van der Waals surface area contributed by atoms with E-state index >= 15 is 0 Å². The molecule has 3 rings (SSSR count). The number of aryl methyl sites for hydroxylation is 1. The van der Waals surface area contributed by atoms with Crippen LogP contribution in [0.15, 0.2) is 70.7 Å². The summed E-state index contributed by atoms with van der Waals surface area (Å²) in [7, 11) is 1.49. The Morgan fingerprint density at radius 3 is 2.06 bits per heavy atom. The second kappa shape index (κ2) is 22.1. The molecule has 0 saturated carbocycles. The van der Waals surface area contributed by atoms with Crippen LogP contribution < -0.4 is 5.32 Å². The van der Waals surface area contributed by atoms with E-state index in [1.54, 1.807) is 24.3 Å². The first kappa shape index (κ1) is 44.3. The number of thioether (sulfide) groups is 1. The number of thiophene rings is 1. The largest absolute Gasteiger partial charge is 0.507 e. The molecule has 0 bridgehead atoms. The molecule has 1 aromatic heterocycles. The topological polar surface area (TPSA) is 200 Å². The highest BCUT2D eigenvalue weighted by atomic mass is 32.2. The number of carbonyl (C=O) groups excluding carboxylic acids is 4. The van der Waals surface area contributed by atoms with E-state index in [2.05, 4.69) is 50.1 Å². The van der Waals surface area contributed by atoms with Crippen molar-refractivity contribution in [3.8, 4) is 5.75 Å². The zero-order chi connectivity index (χ0) is 38.6. The molecule has 51 heavy (non-hydrogen) atoms. The maximum atomic E-state index is 12.7. The first-order valence-electron chi connectivity index (χ1n) is 15.7. The van der Waals surface area contributed by atoms with Crippen LogP contribution in [0.1, 0.15) is 46.4 Å². The van der Waals surface area contributed by atoms with Gasteiger partial charge in [-0.1, -0.05) is 54.2 Å². The standard InChI is InChI=1S/C19H32N4O10S.C10H8O.C5H6S/c1-8-23(7)17(27)33-12(2)32-14(24)13(20-15(25)18(3,4)10-30-21-28)9-34-16(26)19(5,6)11-31-22-29;11-10-7-3-5-8-4-1-2-6-9(8)10;1-5-3-2-4-6-5/h12-13H,8-11H2,1-7H3,(H,20,25);1-7,11H;2-4H,1H3. The summed E-state index contributed by atoms with van der Waals surface area (Å²) in [5, 5.41) is 20.0. The van der Waals surface area contributed by atoms with Crippen molar-refractivity contribution in [2.45, 2.75) is 60.8 Å². The highest BCUT2D eigenvalue weighted by Crippen LogP contribution is 2.26. The molecule has 2 aromatic carbocycles. The van der Waals surface area contributed by atoms with Crippen molar-refractivity contribution in [3.05, 3.63) is 74.7 Å². The van der Waals surface area contributed by atoms with Gasteiger partial charge in [-0.25, -0.2) is 9.59 Å². The van der Waals surface area contributed by atoms with Crippen LogP contribution in [0, 0.1) is 27.6 Å². The Balaban J connectivity index is 0.000000605. The van der Waals surface area contributed by atoms with Gasteiger partial charge in [0.25, 0.3) is 0 Å². The fraction of sp³-hybridized carbons (Fsp3) is 0.471. The van der Waals surface area contributed by atoms with Gasteiger partial charge in [0.15, 0.2) is 15.8 Å². The monoisotopic (exact) mass is 750 g/mol. The molecule has 3 aromatic rings. The molecule has 2 N–H and O–H groups in total. The lowest BCUT2D eigenvalue weighted by atomic mass is 9.93. The van der Waals surface area contributed by atoms with E-state index in [1.807, 2.05) is 36.4 Å². The third-order valence-corrected chi connectivity index (χ3v) is 8.98. The normalized spacial score (nSPS) is 11.9. The predicted octanol–water partition coefficient (Wildman–Crippen LogP) is 6.76. The van der Waals surface area contributed by atoms with Crippen LogP contribution >= 0.6 is 23.1 Å². The zero-order valence-electron chi connectivity index (χ0n) is 29.9. The molecule has 2 atom stereocenters. The fourth-order valence-corrected chi connectivity index (χ4v) is 5.09. The van der Waals surface area contributed by atoms with Gasteiger partial charge in [0.1, 0.15) is 25.0 Å². The summed E-state index contributed by atoms with van der Waals surface area (Å²) in [6.45, 7) is 10.8. The molecule has 0 fully saturated rings. The van der Waals surface area contributed by atoms with Gasteiger partial charge >= 0.3 is 12.1 Å². The second-order valence-electron chi connectivity index (χ2n) is 12.2. The average Bonchev–Trinajstić information content (AvgIpc) is 3.58. The number of benzene rings is 2. The first-order valence-corrected chi connectivity index (χ1v) is 17.5. The Hall–Kier alpha value is -4.77. The number of amides is 2. The summed E-state index contributed by atoms with van der Waals surface area (Å²) in [6.07, 6.45) is -2.01. The Kier molecular flexibility index (Phi) is 19.2. The lowest BCUT2D eigenvalue weighted by Gasteiger charge is -2.27. The summed E-state index contributed by atoms with van der Waals surface area (Å²) < 4.78 is 10.1. The van der Waals surface area contributed by atoms with Crippen molar-refractivity contribution >= 4 is 57.0 Å². The van der Waals surface area contributed by atoms with Crippen LogP contribution in [0.5, 0.6) is 5.75 Å². The number of carbonyl (C=O) groups is 4. The van der Waals surface area contributed by atoms with Crippen molar-refractivity contribution in [1.29, 1.82) is 0 Å². The first-order chi connectivity index (χ1) is 24.0. The van der Waals surface area contributed by atoms with Gasteiger partial charge in [0, 0.05) is 36.5 Å². The Labute approximate surface area is 305 Å². The van der Waals surface area contributed by atoms with Crippen LogP contribution in [0.4, 0.5) is 4.79 Å². The van der Waals surface area contributed by atoms with Crippen LogP contribution in [0.2, 0.25) is 0 Å². The van der Waals surface area contributed by atoms with E-state index in [4.69, 9.17) is 9.47 Å². The molecular formula is C34H46N4O11S2. The summed E-state index contributed by atoms with van der Waals surface area (Å²) in [5.74, 6) is -1.56. The number of aromatic hydroxyl groups is 1. The minimum absolute atomic E-state index is 0.250. The number of phenols is 1. The molecular weight excluding hydrogens is 705 g/mol. The number of fused-ring (bicyclic) bond motifs is 1. The van der Waals surface area contributed by atoms with E-state index in [9.17, 15) is 34.1 Å². The molecule has 0 aliphatic rings. The Morgan fingerprint density at radius 2 is 1.53 bits per heavy atom. The third-order valence-electron chi connectivity index (χ3n) is 6.86. The maximum Gasteiger partial charge on any atom is 0.412 e. The second-order valence-corrected chi connectivity index (χ2v) is 14.4. The van der Waals surface area contributed by atoms with E-state index in [-0.39, 0.29) is 19.0 Å². The average molecular weight is 751 g/mol. The van der Waals surface area contributed by atoms with Crippen LogP contribution in [-0.4, -0.2) is 78.0 Å². The van der Waals surface area contributed by atoms with Gasteiger partial charge in [-0.3, -0.25) is 9.59 Å². The minimum atomic E-state index is -1.34. The number of nitrogens with zero attached hydrogens (tertiary/aromatic N) is 3. The van der Waals surface area contributed by atoms with Gasteiger partial charge in [-0.2, -0.15) is 0 Å². The fourth-order valence-electron chi connectivity index (χ4n) is 3.58. The van der Waals surface area contributed by atoms with Gasteiger partial charge in [-0.15, -0.1) is 21.2 Å². The number of nitrogens with one attached hydrogen (secondary N) is 1. The van der Waals surface area contributed by atoms with E-state index < -0.39 is 46.2 Å². The van der Waals surface area contributed by atoms with E-state index in [1.165, 1.54) is 51.4 Å². The molecule has 0 aliphatic carbocycles.